The molecule has 6 heteroatoms. The summed E-state index contributed by atoms with van der Waals surface area (Å²) in [6.45, 7) is 4.17. The van der Waals surface area contributed by atoms with Crippen LogP contribution in [0.5, 0.6) is 0 Å². The lowest BCUT2D eigenvalue weighted by Gasteiger charge is -2.10. The van der Waals surface area contributed by atoms with Crippen molar-refractivity contribution < 1.29 is 9.47 Å². The van der Waals surface area contributed by atoms with E-state index >= 15 is 0 Å². The van der Waals surface area contributed by atoms with Gasteiger partial charge in [0.2, 0.25) is 0 Å². The largest absolute Gasteiger partial charge is 0.379 e. The zero-order valence-electron chi connectivity index (χ0n) is 11.0. The van der Waals surface area contributed by atoms with Gasteiger partial charge in [-0.2, -0.15) is 0 Å². The summed E-state index contributed by atoms with van der Waals surface area (Å²) in [4.78, 5) is 0. The molecule has 1 unspecified atom stereocenters. The van der Waals surface area contributed by atoms with Gasteiger partial charge in [0.25, 0.3) is 0 Å². The quantitative estimate of drug-likeness (QED) is 0.684. The van der Waals surface area contributed by atoms with Crippen LogP contribution in [0.4, 0.5) is 0 Å². The third-order valence-corrected chi connectivity index (χ3v) is 3.08. The summed E-state index contributed by atoms with van der Waals surface area (Å²) < 4.78 is 12.8. The highest BCUT2D eigenvalue weighted by atomic mass is 16.5. The Morgan fingerprint density at radius 2 is 2.56 bits per heavy atom. The monoisotopic (exact) mass is 254 g/mol. The van der Waals surface area contributed by atoms with E-state index in [0.717, 1.165) is 51.4 Å². The highest BCUT2D eigenvalue weighted by Crippen LogP contribution is 2.11. The van der Waals surface area contributed by atoms with Crippen molar-refractivity contribution in [2.75, 3.05) is 26.4 Å². The highest BCUT2D eigenvalue weighted by Gasteiger charge is 2.14. The molecular formula is C12H22N4O2. The van der Waals surface area contributed by atoms with Crippen molar-refractivity contribution in [3.63, 3.8) is 0 Å². The summed E-state index contributed by atoms with van der Waals surface area (Å²) in [6, 6.07) is 0. The topological polar surface area (TPSA) is 61.2 Å². The Morgan fingerprint density at radius 3 is 3.28 bits per heavy atom. The molecule has 1 aliphatic heterocycles. The fourth-order valence-electron chi connectivity index (χ4n) is 1.98. The van der Waals surface area contributed by atoms with Gasteiger partial charge in [-0.25, -0.2) is 0 Å². The molecule has 1 aliphatic rings. The molecule has 1 N–H and O–H groups in total. The minimum absolute atomic E-state index is 0.332. The van der Waals surface area contributed by atoms with Gasteiger partial charge in [-0.1, -0.05) is 5.21 Å². The van der Waals surface area contributed by atoms with E-state index in [-0.39, 0.29) is 0 Å². The fourth-order valence-corrected chi connectivity index (χ4v) is 1.98. The van der Waals surface area contributed by atoms with Gasteiger partial charge in [0, 0.05) is 26.8 Å². The molecule has 18 heavy (non-hydrogen) atoms. The lowest BCUT2D eigenvalue weighted by molar-refractivity contribution is 0.0166. The molecule has 1 fully saturated rings. The van der Waals surface area contributed by atoms with Gasteiger partial charge < -0.3 is 14.8 Å². The Morgan fingerprint density at radius 1 is 1.61 bits per heavy atom. The average molecular weight is 254 g/mol. The van der Waals surface area contributed by atoms with Crippen LogP contribution in [0.1, 0.15) is 25.0 Å². The van der Waals surface area contributed by atoms with Crippen LogP contribution in [0.15, 0.2) is 6.20 Å². The number of nitrogens with one attached hydrogen (secondary N) is 1. The van der Waals surface area contributed by atoms with Crippen molar-refractivity contribution in [1.29, 1.82) is 0 Å². The van der Waals surface area contributed by atoms with Crippen LogP contribution < -0.4 is 5.32 Å². The van der Waals surface area contributed by atoms with Gasteiger partial charge in [0.1, 0.15) is 0 Å². The molecule has 0 aromatic carbocycles. The molecule has 0 aliphatic carbocycles. The van der Waals surface area contributed by atoms with Crippen molar-refractivity contribution in [3.05, 3.63) is 11.9 Å². The molecule has 1 aromatic rings. The maximum atomic E-state index is 5.58. The third kappa shape index (κ3) is 4.36. The molecule has 1 aromatic heterocycles. The van der Waals surface area contributed by atoms with Crippen LogP contribution in [-0.4, -0.2) is 47.5 Å². The first-order chi connectivity index (χ1) is 8.86. The van der Waals surface area contributed by atoms with Crippen molar-refractivity contribution in [1.82, 2.24) is 20.3 Å². The van der Waals surface area contributed by atoms with Gasteiger partial charge in [-0.15, -0.1) is 5.10 Å². The van der Waals surface area contributed by atoms with E-state index in [2.05, 4.69) is 15.6 Å². The molecule has 1 atom stereocenters. The van der Waals surface area contributed by atoms with Crippen LogP contribution in [-0.2, 0) is 23.1 Å². The second-order valence-electron chi connectivity index (χ2n) is 4.59. The average Bonchev–Trinajstić information content (AvgIpc) is 3.00. The van der Waals surface area contributed by atoms with Crippen LogP contribution in [0, 0.1) is 0 Å². The van der Waals surface area contributed by atoms with Gasteiger partial charge in [-0.3, -0.25) is 4.68 Å². The molecule has 2 rings (SSSR count). The number of rotatable bonds is 8. The Kier molecular flexibility index (Phi) is 5.57. The molecule has 0 saturated carbocycles. The molecule has 0 bridgehead atoms. The SMILES string of the molecule is Cn1nncc1CNCCCOCC1CCCO1. The number of aromatic nitrogens is 3. The summed E-state index contributed by atoms with van der Waals surface area (Å²) in [7, 11) is 1.90. The summed E-state index contributed by atoms with van der Waals surface area (Å²) >= 11 is 0. The second kappa shape index (κ2) is 7.45. The number of ether oxygens (including phenoxy) is 2. The van der Waals surface area contributed by atoms with E-state index in [1.165, 1.54) is 6.42 Å². The van der Waals surface area contributed by atoms with Crippen molar-refractivity contribution in [2.24, 2.45) is 7.05 Å². The zero-order chi connectivity index (χ0) is 12.6. The van der Waals surface area contributed by atoms with E-state index in [9.17, 15) is 0 Å². The lowest BCUT2D eigenvalue weighted by atomic mass is 10.2. The first-order valence-corrected chi connectivity index (χ1v) is 6.60. The molecule has 102 valence electrons. The Labute approximate surface area is 108 Å². The second-order valence-corrected chi connectivity index (χ2v) is 4.59. The van der Waals surface area contributed by atoms with E-state index in [1.807, 2.05) is 7.05 Å². The Bertz CT molecular complexity index is 337. The fraction of sp³-hybridized carbons (Fsp3) is 0.833. The molecule has 0 radical (unpaired) electrons. The third-order valence-electron chi connectivity index (χ3n) is 3.08. The van der Waals surface area contributed by atoms with Crippen LogP contribution >= 0.6 is 0 Å². The molecule has 6 nitrogen and oxygen atoms in total. The predicted octanol–water partition coefficient (Wildman–Crippen LogP) is 0.490. The normalized spacial score (nSPS) is 19.5. The highest BCUT2D eigenvalue weighted by molar-refractivity contribution is 4.91. The summed E-state index contributed by atoms with van der Waals surface area (Å²) in [6.07, 6.45) is 5.44. The molecule has 1 saturated heterocycles. The summed E-state index contributed by atoms with van der Waals surface area (Å²) in [5.41, 5.74) is 1.09. The van der Waals surface area contributed by atoms with Crippen molar-refractivity contribution >= 4 is 0 Å². The van der Waals surface area contributed by atoms with Crippen molar-refractivity contribution in [3.8, 4) is 0 Å². The number of hydrogen-bond donors (Lipinski definition) is 1. The Balaban J connectivity index is 1.43. The first kappa shape index (κ1) is 13.5. The predicted molar refractivity (Wildman–Crippen MR) is 67.1 cm³/mol. The first-order valence-electron chi connectivity index (χ1n) is 6.60. The van der Waals surface area contributed by atoms with Crippen molar-refractivity contribution in [2.45, 2.75) is 31.9 Å². The van der Waals surface area contributed by atoms with E-state index in [0.29, 0.717) is 6.10 Å². The van der Waals surface area contributed by atoms with Crippen LogP contribution in [0.25, 0.3) is 0 Å². The lowest BCUT2D eigenvalue weighted by Crippen LogP contribution is -2.20. The number of aryl methyl sites for hydroxylation is 1. The van der Waals surface area contributed by atoms with Gasteiger partial charge in [-0.05, 0) is 25.8 Å². The molecule has 2 heterocycles. The van der Waals surface area contributed by atoms with Crippen LogP contribution in [0.2, 0.25) is 0 Å². The molecule has 0 spiro atoms. The number of nitrogens with zero attached hydrogens (tertiary/aromatic N) is 3. The van der Waals surface area contributed by atoms with Gasteiger partial charge >= 0.3 is 0 Å². The van der Waals surface area contributed by atoms with E-state index < -0.39 is 0 Å². The Hall–Kier alpha value is -0.980. The minimum atomic E-state index is 0.332. The zero-order valence-corrected chi connectivity index (χ0v) is 11.0. The standard InChI is InChI=1S/C12H22N4O2/c1-16-11(9-14-15-16)8-13-5-3-6-17-10-12-4-2-7-18-12/h9,12-13H,2-8,10H2,1H3. The van der Waals surface area contributed by atoms with E-state index in [4.69, 9.17) is 9.47 Å². The van der Waals surface area contributed by atoms with Gasteiger partial charge in [0.05, 0.1) is 24.6 Å². The maximum Gasteiger partial charge on any atom is 0.0809 e. The molecular weight excluding hydrogens is 232 g/mol. The maximum absolute atomic E-state index is 5.58. The summed E-state index contributed by atoms with van der Waals surface area (Å²) in [5, 5.41) is 11.1. The van der Waals surface area contributed by atoms with Crippen LogP contribution in [0.3, 0.4) is 0 Å². The smallest absolute Gasteiger partial charge is 0.0809 e. The molecule has 0 amide bonds. The minimum Gasteiger partial charge on any atom is -0.379 e. The number of hydrogen-bond acceptors (Lipinski definition) is 5. The van der Waals surface area contributed by atoms with Gasteiger partial charge in [0.15, 0.2) is 0 Å². The summed E-state index contributed by atoms with van der Waals surface area (Å²) in [5.74, 6) is 0. The van der Waals surface area contributed by atoms with E-state index in [1.54, 1.807) is 10.9 Å².